The molecule has 0 bridgehead atoms. The highest BCUT2D eigenvalue weighted by Gasteiger charge is 2.11. The normalized spacial score (nSPS) is 10.8. The van der Waals surface area contributed by atoms with Crippen LogP contribution in [0.15, 0.2) is 24.3 Å². The number of rotatable bonds is 6. The molecule has 0 aliphatic carbocycles. The van der Waals surface area contributed by atoms with Gasteiger partial charge in [0.05, 0.1) is 13.7 Å². The summed E-state index contributed by atoms with van der Waals surface area (Å²) in [6.07, 6.45) is 0. The number of ether oxygens (including phenoxy) is 1. The van der Waals surface area contributed by atoms with E-state index in [0.29, 0.717) is 12.6 Å². The Kier molecular flexibility index (Phi) is 5.65. The van der Waals surface area contributed by atoms with Crippen molar-refractivity contribution in [1.29, 1.82) is 0 Å². The van der Waals surface area contributed by atoms with Gasteiger partial charge in [0.1, 0.15) is 5.75 Å². The third-order valence-corrected chi connectivity index (χ3v) is 2.86. The molecule has 0 heterocycles. The van der Waals surface area contributed by atoms with Gasteiger partial charge in [-0.15, -0.1) is 0 Å². The molecule has 0 saturated heterocycles. The smallest absolute Gasteiger partial charge is 0.238 e. The molecule has 1 aromatic carbocycles. The quantitative estimate of drug-likeness (QED) is 0.842. The number of methoxy groups -OCH3 is 1. The Bertz CT molecular complexity index is 374. The Labute approximate surface area is 109 Å². The summed E-state index contributed by atoms with van der Waals surface area (Å²) in [7, 11) is 1.62. The van der Waals surface area contributed by atoms with Gasteiger partial charge in [-0.3, -0.25) is 9.69 Å². The van der Waals surface area contributed by atoms with Crippen LogP contribution in [0.1, 0.15) is 20.8 Å². The fourth-order valence-electron chi connectivity index (χ4n) is 1.72. The number of carbonyl (C=O) groups excluding carboxylic acids is 1. The van der Waals surface area contributed by atoms with Gasteiger partial charge in [0, 0.05) is 11.7 Å². The van der Waals surface area contributed by atoms with Gasteiger partial charge >= 0.3 is 0 Å². The Morgan fingerprint density at radius 1 is 1.33 bits per heavy atom. The van der Waals surface area contributed by atoms with Crippen molar-refractivity contribution in [3.05, 3.63) is 24.3 Å². The maximum absolute atomic E-state index is 11.9. The molecule has 4 nitrogen and oxygen atoms in total. The highest BCUT2D eigenvalue weighted by atomic mass is 16.5. The molecule has 0 radical (unpaired) electrons. The SMILES string of the molecule is CCN(CC(=O)Nc1ccc(OC)cc1)C(C)C. The van der Waals surface area contributed by atoms with Crippen molar-refractivity contribution in [1.82, 2.24) is 4.90 Å². The highest BCUT2D eigenvalue weighted by Crippen LogP contribution is 2.14. The van der Waals surface area contributed by atoms with E-state index in [1.807, 2.05) is 24.3 Å². The first kappa shape index (κ1) is 14.5. The fourth-order valence-corrected chi connectivity index (χ4v) is 1.72. The molecule has 0 aliphatic heterocycles. The topological polar surface area (TPSA) is 41.6 Å². The number of amides is 1. The van der Waals surface area contributed by atoms with E-state index in [1.54, 1.807) is 7.11 Å². The van der Waals surface area contributed by atoms with Crippen LogP contribution in [0.3, 0.4) is 0 Å². The summed E-state index contributed by atoms with van der Waals surface area (Å²) in [6.45, 7) is 7.52. The lowest BCUT2D eigenvalue weighted by atomic mass is 10.3. The van der Waals surface area contributed by atoms with Crippen LogP contribution in [0.2, 0.25) is 0 Å². The average Bonchev–Trinajstić information content (AvgIpc) is 2.36. The number of hydrogen-bond donors (Lipinski definition) is 1. The number of nitrogens with one attached hydrogen (secondary N) is 1. The second kappa shape index (κ2) is 7.01. The van der Waals surface area contributed by atoms with Gasteiger partial charge in [-0.25, -0.2) is 0 Å². The van der Waals surface area contributed by atoms with Gasteiger partial charge in [-0.2, -0.15) is 0 Å². The van der Waals surface area contributed by atoms with Crippen molar-refractivity contribution in [3.63, 3.8) is 0 Å². The molecule has 1 rings (SSSR count). The van der Waals surface area contributed by atoms with Crippen molar-refractivity contribution >= 4 is 11.6 Å². The Morgan fingerprint density at radius 3 is 2.39 bits per heavy atom. The zero-order chi connectivity index (χ0) is 13.5. The number of carbonyl (C=O) groups is 1. The largest absolute Gasteiger partial charge is 0.497 e. The molecule has 4 heteroatoms. The fraction of sp³-hybridized carbons (Fsp3) is 0.500. The number of nitrogens with zero attached hydrogens (tertiary/aromatic N) is 1. The molecule has 100 valence electrons. The molecule has 0 saturated carbocycles. The van der Waals surface area contributed by atoms with Crippen LogP contribution in [-0.2, 0) is 4.79 Å². The lowest BCUT2D eigenvalue weighted by molar-refractivity contribution is -0.117. The second-order valence-corrected chi connectivity index (χ2v) is 4.43. The molecular weight excluding hydrogens is 228 g/mol. The third-order valence-electron chi connectivity index (χ3n) is 2.86. The zero-order valence-electron chi connectivity index (χ0n) is 11.6. The van der Waals surface area contributed by atoms with E-state index < -0.39 is 0 Å². The first-order chi connectivity index (χ1) is 8.56. The maximum atomic E-state index is 11.9. The van der Waals surface area contributed by atoms with Crippen LogP contribution in [0.25, 0.3) is 0 Å². The third kappa shape index (κ3) is 4.37. The summed E-state index contributed by atoms with van der Waals surface area (Å²) in [4.78, 5) is 14.0. The summed E-state index contributed by atoms with van der Waals surface area (Å²) in [5.74, 6) is 0.793. The van der Waals surface area contributed by atoms with Gasteiger partial charge in [0.2, 0.25) is 5.91 Å². The predicted molar refractivity (Wildman–Crippen MR) is 74.0 cm³/mol. The van der Waals surface area contributed by atoms with Gasteiger partial charge in [-0.1, -0.05) is 6.92 Å². The van der Waals surface area contributed by atoms with E-state index in [-0.39, 0.29) is 5.91 Å². The van der Waals surface area contributed by atoms with Crippen LogP contribution in [0.4, 0.5) is 5.69 Å². The summed E-state index contributed by atoms with van der Waals surface area (Å²) in [5, 5.41) is 2.88. The average molecular weight is 250 g/mol. The molecule has 1 N–H and O–H groups in total. The minimum Gasteiger partial charge on any atom is -0.497 e. The van der Waals surface area contributed by atoms with Crippen LogP contribution in [0, 0.1) is 0 Å². The van der Waals surface area contributed by atoms with Gasteiger partial charge in [-0.05, 0) is 44.7 Å². The molecule has 0 unspecified atom stereocenters. The number of benzene rings is 1. The van der Waals surface area contributed by atoms with Crippen molar-refractivity contribution in [2.75, 3.05) is 25.5 Å². The summed E-state index contributed by atoms with van der Waals surface area (Å²) < 4.78 is 5.07. The van der Waals surface area contributed by atoms with Crippen LogP contribution in [-0.4, -0.2) is 37.0 Å². The lowest BCUT2D eigenvalue weighted by Crippen LogP contribution is -2.37. The second-order valence-electron chi connectivity index (χ2n) is 4.43. The number of anilines is 1. The zero-order valence-corrected chi connectivity index (χ0v) is 11.6. The molecule has 18 heavy (non-hydrogen) atoms. The van der Waals surface area contributed by atoms with E-state index >= 15 is 0 Å². The Balaban J connectivity index is 2.53. The van der Waals surface area contributed by atoms with E-state index in [0.717, 1.165) is 18.0 Å². The van der Waals surface area contributed by atoms with Crippen molar-refractivity contribution < 1.29 is 9.53 Å². The minimum atomic E-state index is 0.00992. The molecule has 0 atom stereocenters. The van der Waals surface area contributed by atoms with Crippen molar-refractivity contribution in [3.8, 4) is 5.75 Å². The first-order valence-electron chi connectivity index (χ1n) is 6.24. The van der Waals surface area contributed by atoms with E-state index in [4.69, 9.17) is 4.74 Å². The monoisotopic (exact) mass is 250 g/mol. The minimum absolute atomic E-state index is 0.00992. The molecule has 1 amide bonds. The van der Waals surface area contributed by atoms with Gasteiger partial charge in [0.25, 0.3) is 0 Å². The molecule has 0 aromatic heterocycles. The first-order valence-corrected chi connectivity index (χ1v) is 6.24. The van der Waals surface area contributed by atoms with Crippen LogP contribution in [0.5, 0.6) is 5.75 Å². The molecular formula is C14H22N2O2. The summed E-state index contributed by atoms with van der Waals surface area (Å²) >= 11 is 0. The number of likely N-dealkylation sites (N-methyl/N-ethyl adjacent to an activating group) is 1. The van der Waals surface area contributed by atoms with Crippen molar-refractivity contribution in [2.45, 2.75) is 26.8 Å². The molecule has 0 spiro atoms. The van der Waals surface area contributed by atoms with Crippen LogP contribution < -0.4 is 10.1 Å². The van der Waals surface area contributed by atoms with Crippen molar-refractivity contribution in [2.24, 2.45) is 0 Å². The summed E-state index contributed by atoms with van der Waals surface area (Å²) in [5.41, 5.74) is 0.792. The van der Waals surface area contributed by atoms with E-state index in [1.165, 1.54) is 0 Å². The van der Waals surface area contributed by atoms with Crippen LogP contribution >= 0.6 is 0 Å². The molecule has 1 aromatic rings. The molecule has 0 aliphatic rings. The maximum Gasteiger partial charge on any atom is 0.238 e. The summed E-state index contributed by atoms with van der Waals surface area (Å²) in [6, 6.07) is 7.70. The van der Waals surface area contributed by atoms with E-state index in [9.17, 15) is 4.79 Å². The Hall–Kier alpha value is -1.55. The standard InChI is InChI=1S/C14H22N2O2/c1-5-16(11(2)3)10-14(17)15-12-6-8-13(18-4)9-7-12/h6-9,11H,5,10H2,1-4H3,(H,15,17). The Morgan fingerprint density at radius 2 is 1.94 bits per heavy atom. The predicted octanol–water partition coefficient (Wildman–Crippen LogP) is 2.36. The lowest BCUT2D eigenvalue weighted by Gasteiger charge is -2.23. The van der Waals surface area contributed by atoms with Gasteiger partial charge in [0.15, 0.2) is 0 Å². The molecule has 0 fully saturated rings. The number of hydrogen-bond acceptors (Lipinski definition) is 3. The highest BCUT2D eigenvalue weighted by molar-refractivity contribution is 5.92. The van der Waals surface area contributed by atoms with E-state index in [2.05, 4.69) is 31.0 Å². The van der Waals surface area contributed by atoms with Gasteiger partial charge < -0.3 is 10.1 Å².